The van der Waals surface area contributed by atoms with Crippen LogP contribution < -0.4 is 5.32 Å². The van der Waals surface area contributed by atoms with Gasteiger partial charge < -0.3 is 10.3 Å². The predicted octanol–water partition coefficient (Wildman–Crippen LogP) is 2.78. The Hall–Kier alpha value is -1.84. The summed E-state index contributed by atoms with van der Waals surface area (Å²) in [5.41, 5.74) is 2.52. The van der Waals surface area contributed by atoms with Crippen molar-refractivity contribution >= 4 is 5.69 Å². The molecule has 1 aromatic heterocycles. The van der Waals surface area contributed by atoms with Crippen molar-refractivity contribution < 1.29 is 4.39 Å². The molecule has 0 fully saturated rings. The van der Waals surface area contributed by atoms with Gasteiger partial charge in [0.1, 0.15) is 11.6 Å². The highest BCUT2D eigenvalue weighted by atomic mass is 19.1. The van der Waals surface area contributed by atoms with Gasteiger partial charge in [-0.15, -0.1) is 0 Å². The van der Waals surface area contributed by atoms with Gasteiger partial charge in [0, 0.05) is 5.69 Å². The maximum Gasteiger partial charge on any atom is 0.146 e. The number of anilines is 1. The number of aromatic amines is 1. The van der Waals surface area contributed by atoms with E-state index in [4.69, 9.17) is 0 Å². The zero-order valence-electron chi connectivity index (χ0n) is 9.34. The third-order valence-corrected chi connectivity index (χ3v) is 2.50. The fourth-order valence-corrected chi connectivity index (χ4v) is 1.49. The lowest BCUT2D eigenvalue weighted by atomic mass is 10.3. The number of halogens is 1. The van der Waals surface area contributed by atoms with Crippen LogP contribution in [0, 0.1) is 19.7 Å². The van der Waals surface area contributed by atoms with Gasteiger partial charge in [-0.3, -0.25) is 0 Å². The molecule has 0 atom stereocenters. The summed E-state index contributed by atoms with van der Waals surface area (Å²) in [5, 5.41) is 3.00. The molecule has 0 unspecified atom stereocenters. The fraction of sp³-hybridized carbons (Fsp3) is 0.250. The van der Waals surface area contributed by atoms with Gasteiger partial charge in [-0.25, -0.2) is 9.37 Å². The second-order valence-electron chi connectivity index (χ2n) is 3.73. The van der Waals surface area contributed by atoms with Gasteiger partial charge in [-0.1, -0.05) is 12.1 Å². The monoisotopic (exact) mass is 219 g/mol. The molecule has 0 bridgehead atoms. The summed E-state index contributed by atoms with van der Waals surface area (Å²) in [6, 6.07) is 6.60. The average molecular weight is 219 g/mol. The van der Waals surface area contributed by atoms with Crippen molar-refractivity contribution in [2.24, 2.45) is 0 Å². The molecule has 0 saturated heterocycles. The number of aryl methyl sites for hydroxylation is 2. The molecule has 0 amide bonds. The summed E-state index contributed by atoms with van der Waals surface area (Å²) in [6.45, 7) is 4.41. The van der Waals surface area contributed by atoms with Gasteiger partial charge in [-0.2, -0.15) is 0 Å². The molecule has 2 N–H and O–H groups in total. The minimum atomic E-state index is -0.248. The SMILES string of the molecule is Cc1nc(CNc2ccccc2F)[nH]c1C. The molecule has 4 heteroatoms. The van der Waals surface area contributed by atoms with Crippen molar-refractivity contribution in [2.75, 3.05) is 5.32 Å². The Kier molecular flexibility index (Phi) is 2.90. The lowest BCUT2D eigenvalue weighted by molar-refractivity contribution is 0.630. The summed E-state index contributed by atoms with van der Waals surface area (Å²) in [5.74, 6) is 0.570. The molecule has 0 saturated carbocycles. The van der Waals surface area contributed by atoms with Crippen molar-refractivity contribution in [2.45, 2.75) is 20.4 Å². The van der Waals surface area contributed by atoms with Crippen molar-refractivity contribution in [3.05, 3.63) is 47.3 Å². The van der Waals surface area contributed by atoms with Gasteiger partial charge in [-0.05, 0) is 26.0 Å². The standard InChI is InChI=1S/C12H14FN3/c1-8-9(2)16-12(15-8)7-14-11-6-4-3-5-10(11)13/h3-6,14H,7H2,1-2H3,(H,15,16). The average Bonchev–Trinajstić information content (AvgIpc) is 2.57. The van der Waals surface area contributed by atoms with Crippen LogP contribution in [0.15, 0.2) is 24.3 Å². The quantitative estimate of drug-likeness (QED) is 0.833. The number of hydrogen-bond donors (Lipinski definition) is 2. The highest BCUT2D eigenvalue weighted by Crippen LogP contribution is 2.13. The van der Waals surface area contributed by atoms with Crippen LogP contribution in [0.3, 0.4) is 0 Å². The zero-order chi connectivity index (χ0) is 11.5. The lowest BCUT2D eigenvalue weighted by Crippen LogP contribution is -2.02. The molecule has 84 valence electrons. The molecule has 0 aliphatic heterocycles. The van der Waals surface area contributed by atoms with E-state index in [0.717, 1.165) is 17.2 Å². The number of imidazole rings is 1. The zero-order valence-corrected chi connectivity index (χ0v) is 9.34. The maximum absolute atomic E-state index is 13.3. The Morgan fingerprint density at radius 3 is 2.69 bits per heavy atom. The summed E-state index contributed by atoms with van der Waals surface area (Å²) in [6.07, 6.45) is 0. The first kappa shape index (κ1) is 10.7. The molecule has 3 nitrogen and oxygen atoms in total. The minimum absolute atomic E-state index is 0.248. The Balaban J connectivity index is 2.05. The van der Waals surface area contributed by atoms with E-state index in [0.29, 0.717) is 12.2 Å². The van der Waals surface area contributed by atoms with E-state index >= 15 is 0 Å². The lowest BCUT2D eigenvalue weighted by Gasteiger charge is -2.04. The fourth-order valence-electron chi connectivity index (χ4n) is 1.49. The summed E-state index contributed by atoms with van der Waals surface area (Å²) in [4.78, 5) is 7.45. The topological polar surface area (TPSA) is 40.7 Å². The minimum Gasteiger partial charge on any atom is -0.375 e. The Bertz CT molecular complexity index is 471. The van der Waals surface area contributed by atoms with Crippen LogP contribution in [0.25, 0.3) is 0 Å². The molecular weight excluding hydrogens is 205 g/mol. The summed E-state index contributed by atoms with van der Waals surface area (Å²) < 4.78 is 13.3. The van der Waals surface area contributed by atoms with E-state index in [1.807, 2.05) is 13.8 Å². The first-order valence-electron chi connectivity index (χ1n) is 5.17. The van der Waals surface area contributed by atoms with Gasteiger partial charge in [0.05, 0.1) is 17.9 Å². The van der Waals surface area contributed by atoms with Gasteiger partial charge in [0.25, 0.3) is 0 Å². The van der Waals surface area contributed by atoms with Crippen molar-refractivity contribution in [3.63, 3.8) is 0 Å². The second-order valence-corrected chi connectivity index (χ2v) is 3.73. The van der Waals surface area contributed by atoms with Crippen LogP contribution >= 0.6 is 0 Å². The number of nitrogens with one attached hydrogen (secondary N) is 2. The summed E-state index contributed by atoms with van der Waals surface area (Å²) in [7, 11) is 0. The maximum atomic E-state index is 13.3. The number of para-hydroxylation sites is 1. The van der Waals surface area contributed by atoms with Crippen LogP contribution in [-0.4, -0.2) is 9.97 Å². The largest absolute Gasteiger partial charge is 0.375 e. The van der Waals surface area contributed by atoms with Gasteiger partial charge >= 0.3 is 0 Å². The van der Waals surface area contributed by atoms with Crippen LogP contribution in [0.2, 0.25) is 0 Å². The van der Waals surface area contributed by atoms with Gasteiger partial charge in [0.2, 0.25) is 0 Å². The first-order chi connectivity index (χ1) is 7.66. The molecule has 16 heavy (non-hydrogen) atoms. The van der Waals surface area contributed by atoms with Crippen molar-refractivity contribution in [1.82, 2.24) is 9.97 Å². The number of H-pyrrole nitrogens is 1. The molecule has 0 radical (unpaired) electrons. The molecule has 1 heterocycles. The van der Waals surface area contributed by atoms with E-state index < -0.39 is 0 Å². The molecule has 0 aliphatic carbocycles. The van der Waals surface area contributed by atoms with Gasteiger partial charge in [0.15, 0.2) is 0 Å². The molecule has 1 aromatic carbocycles. The highest BCUT2D eigenvalue weighted by Gasteiger charge is 2.03. The third-order valence-electron chi connectivity index (χ3n) is 2.50. The van der Waals surface area contributed by atoms with E-state index in [9.17, 15) is 4.39 Å². The summed E-state index contributed by atoms with van der Waals surface area (Å²) >= 11 is 0. The molecular formula is C12H14FN3. The van der Waals surface area contributed by atoms with Crippen LogP contribution in [0.1, 0.15) is 17.2 Å². The van der Waals surface area contributed by atoms with E-state index in [1.54, 1.807) is 18.2 Å². The van der Waals surface area contributed by atoms with Crippen LogP contribution in [-0.2, 0) is 6.54 Å². The highest BCUT2D eigenvalue weighted by molar-refractivity contribution is 5.44. The van der Waals surface area contributed by atoms with Crippen molar-refractivity contribution in [1.29, 1.82) is 0 Å². The Morgan fingerprint density at radius 1 is 1.31 bits per heavy atom. The smallest absolute Gasteiger partial charge is 0.146 e. The van der Waals surface area contributed by atoms with Crippen LogP contribution in [0.5, 0.6) is 0 Å². The predicted molar refractivity (Wildman–Crippen MR) is 61.8 cm³/mol. The first-order valence-corrected chi connectivity index (χ1v) is 5.17. The van der Waals surface area contributed by atoms with E-state index in [-0.39, 0.29) is 5.82 Å². The third kappa shape index (κ3) is 2.21. The number of rotatable bonds is 3. The van der Waals surface area contributed by atoms with Crippen LogP contribution in [0.4, 0.5) is 10.1 Å². The molecule has 2 aromatic rings. The Labute approximate surface area is 93.7 Å². The number of benzene rings is 1. The number of hydrogen-bond acceptors (Lipinski definition) is 2. The number of nitrogens with zero attached hydrogens (tertiary/aromatic N) is 1. The van der Waals surface area contributed by atoms with Crippen molar-refractivity contribution in [3.8, 4) is 0 Å². The second kappa shape index (κ2) is 4.35. The molecule has 2 rings (SSSR count). The van der Waals surface area contributed by atoms with E-state index in [1.165, 1.54) is 6.07 Å². The van der Waals surface area contributed by atoms with E-state index in [2.05, 4.69) is 15.3 Å². The normalized spacial score (nSPS) is 10.4. The Morgan fingerprint density at radius 2 is 2.06 bits per heavy atom. The number of aromatic nitrogens is 2. The molecule has 0 aliphatic rings. The molecule has 0 spiro atoms.